The molecule has 2 amide bonds. The van der Waals surface area contributed by atoms with Crippen molar-refractivity contribution in [3.63, 3.8) is 0 Å². The van der Waals surface area contributed by atoms with E-state index in [9.17, 15) is 9.59 Å². The number of aryl methyl sites for hydroxylation is 1. The summed E-state index contributed by atoms with van der Waals surface area (Å²) >= 11 is 0. The number of H-pyrrole nitrogens is 1. The minimum absolute atomic E-state index is 0.128. The van der Waals surface area contributed by atoms with Gasteiger partial charge in [0.1, 0.15) is 29.6 Å². The van der Waals surface area contributed by atoms with Crippen LogP contribution >= 0.6 is 0 Å². The van der Waals surface area contributed by atoms with Gasteiger partial charge in [0.05, 0.1) is 17.6 Å². The summed E-state index contributed by atoms with van der Waals surface area (Å²) in [5.41, 5.74) is 5.94. The summed E-state index contributed by atoms with van der Waals surface area (Å²) in [4.78, 5) is 36.8. The van der Waals surface area contributed by atoms with Gasteiger partial charge in [-0.25, -0.2) is 4.98 Å². The number of nitrogens with zero attached hydrogens (tertiary/aromatic N) is 4. The van der Waals surface area contributed by atoms with E-state index < -0.39 is 0 Å². The fraction of sp³-hybridized carbons (Fsp3) is 0.269. The number of aromatic amines is 1. The SMILES string of the molecule is Cc1nc2ccc(-c3ccc4c(c3)CN(C(=O)c3ccc(C(=O)N(C)C)n3C)CCO4)cc2[nH]1. The van der Waals surface area contributed by atoms with Crippen molar-refractivity contribution in [2.45, 2.75) is 13.5 Å². The molecule has 2 aromatic heterocycles. The lowest BCUT2D eigenvalue weighted by Crippen LogP contribution is -2.34. The van der Waals surface area contributed by atoms with E-state index in [1.807, 2.05) is 25.1 Å². The zero-order chi connectivity index (χ0) is 24.0. The maximum Gasteiger partial charge on any atom is 0.270 e. The molecular weight excluding hydrogens is 430 g/mol. The Kier molecular flexibility index (Phi) is 5.36. The number of aromatic nitrogens is 3. The third-order valence-corrected chi connectivity index (χ3v) is 6.23. The highest BCUT2D eigenvalue weighted by molar-refractivity contribution is 5.98. The normalized spacial score (nSPS) is 13.4. The zero-order valence-corrected chi connectivity index (χ0v) is 19.8. The lowest BCUT2D eigenvalue weighted by atomic mass is 10.0. The van der Waals surface area contributed by atoms with Crippen molar-refractivity contribution < 1.29 is 14.3 Å². The topological polar surface area (TPSA) is 83.5 Å². The molecule has 34 heavy (non-hydrogen) atoms. The summed E-state index contributed by atoms with van der Waals surface area (Å²) in [5, 5.41) is 0. The molecule has 0 bridgehead atoms. The van der Waals surface area contributed by atoms with Gasteiger partial charge in [0, 0.05) is 33.3 Å². The standard InChI is InChI=1S/C26H27N5O3/c1-16-27-20-7-5-18(14-21(20)28-16)17-6-10-24-19(13-17)15-31(11-12-34-24)26(33)23-9-8-22(30(23)4)25(32)29(2)3/h5-10,13-14H,11-12,15H2,1-4H3,(H,27,28). The Morgan fingerprint density at radius 1 is 1.03 bits per heavy atom. The largest absolute Gasteiger partial charge is 0.491 e. The predicted octanol–water partition coefficient (Wildman–Crippen LogP) is 3.61. The van der Waals surface area contributed by atoms with Gasteiger partial charge >= 0.3 is 0 Å². The van der Waals surface area contributed by atoms with Crippen molar-refractivity contribution in [3.05, 3.63) is 71.3 Å². The van der Waals surface area contributed by atoms with Crippen molar-refractivity contribution in [1.29, 1.82) is 0 Å². The lowest BCUT2D eigenvalue weighted by molar-refractivity contribution is 0.0722. The van der Waals surface area contributed by atoms with Crippen LogP contribution in [0.25, 0.3) is 22.2 Å². The second-order valence-electron chi connectivity index (χ2n) is 8.81. The van der Waals surface area contributed by atoms with Gasteiger partial charge in [0.15, 0.2) is 0 Å². The number of amides is 2. The van der Waals surface area contributed by atoms with Crippen LogP contribution in [0.5, 0.6) is 5.75 Å². The van der Waals surface area contributed by atoms with Crippen molar-refractivity contribution in [2.24, 2.45) is 7.05 Å². The molecule has 4 aromatic rings. The summed E-state index contributed by atoms with van der Waals surface area (Å²) in [6.45, 7) is 3.24. The molecule has 0 saturated heterocycles. The predicted molar refractivity (Wildman–Crippen MR) is 130 cm³/mol. The Hall–Kier alpha value is -4.07. The number of nitrogens with one attached hydrogen (secondary N) is 1. The number of fused-ring (bicyclic) bond motifs is 2. The number of rotatable bonds is 3. The van der Waals surface area contributed by atoms with Gasteiger partial charge in [-0.1, -0.05) is 12.1 Å². The van der Waals surface area contributed by atoms with Gasteiger partial charge in [0.2, 0.25) is 0 Å². The molecule has 5 rings (SSSR count). The summed E-state index contributed by atoms with van der Waals surface area (Å²) in [7, 11) is 5.14. The molecule has 0 aliphatic carbocycles. The fourth-order valence-electron chi connectivity index (χ4n) is 4.40. The summed E-state index contributed by atoms with van der Waals surface area (Å²) in [6, 6.07) is 15.6. The third-order valence-electron chi connectivity index (χ3n) is 6.23. The number of benzene rings is 2. The lowest BCUT2D eigenvalue weighted by Gasteiger charge is -2.21. The Labute approximate surface area is 197 Å². The van der Waals surface area contributed by atoms with Crippen molar-refractivity contribution in [2.75, 3.05) is 27.2 Å². The number of hydrogen-bond donors (Lipinski definition) is 1. The van der Waals surface area contributed by atoms with Gasteiger partial charge < -0.3 is 24.1 Å². The van der Waals surface area contributed by atoms with Gasteiger partial charge in [-0.15, -0.1) is 0 Å². The molecule has 0 atom stereocenters. The van der Waals surface area contributed by atoms with Crippen LogP contribution in [-0.2, 0) is 13.6 Å². The molecule has 0 spiro atoms. The second-order valence-corrected chi connectivity index (χ2v) is 8.81. The quantitative estimate of drug-likeness (QED) is 0.509. The second kappa shape index (κ2) is 8.37. The van der Waals surface area contributed by atoms with Crippen LogP contribution in [0.1, 0.15) is 32.4 Å². The Morgan fingerprint density at radius 3 is 2.56 bits per heavy atom. The molecule has 1 aliphatic rings. The van der Waals surface area contributed by atoms with Crippen LogP contribution in [0.3, 0.4) is 0 Å². The number of carbonyl (C=O) groups excluding carboxylic acids is 2. The molecular formula is C26H27N5O3. The average molecular weight is 458 g/mol. The molecule has 0 radical (unpaired) electrons. The van der Waals surface area contributed by atoms with Gasteiger partial charge in [-0.3, -0.25) is 9.59 Å². The third kappa shape index (κ3) is 3.81. The summed E-state index contributed by atoms with van der Waals surface area (Å²) in [6.07, 6.45) is 0. The molecule has 1 aliphatic heterocycles. The van der Waals surface area contributed by atoms with Crippen LogP contribution in [-0.4, -0.2) is 63.4 Å². The Balaban J connectivity index is 1.44. The first-order chi connectivity index (χ1) is 16.3. The van der Waals surface area contributed by atoms with E-state index in [-0.39, 0.29) is 11.8 Å². The van der Waals surface area contributed by atoms with E-state index in [1.54, 1.807) is 42.7 Å². The number of carbonyl (C=O) groups is 2. The summed E-state index contributed by atoms with van der Waals surface area (Å²) in [5.74, 6) is 1.40. The maximum absolute atomic E-state index is 13.4. The van der Waals surface area contributed by atoms with Crippen molar-refractivity contribution in [3.8, 4) is 16.9 Å². The van der Waals surface area contributed by atoms with Crippen LogP contribution in [0, 0.1) is 6.92 Å². The van der Waals surface area contributed by atoms with E-state index >= 15 is 0 Å². The van der Waals surface area contributed by atoms with Crippen LogP contribution < -0.4 is 4.74 Å². The molecule has 1 N–H and O–H groups in total. The molecule has 174 valence electrons. The summed E-state index contributed by atoms with van der Waals surface area (Å²) < 4.78 is 7.62. The molecule has 0 saturated carbocycles. The first kappa shape index (κ1) is 21.8. The molecule has 2 aromatic carbocycles. The van der Waals surface area contributed by atoms with E-state index in [0.717, 1.165) is 39.3 Å². The number of hydrogen-bond acceptors (Lipinski definition) is 4. The molecule has 0 fully saturated rings. The van der Waals surface area contributed by atoms with E-state index in [0.29, 0.717) is 31.1 Å². The van der Waals surface area contributed by atoms with Gasteiger partial charge in [-0.05, 0) is 54.4 Å². The van der Waals surface area contributed by atoms with E-state index in [1.165, 1.54) is 4.90 Å². The molecule has 3 heterocycles. The van der Waals surface area contributed by atoms with Gasteiger partial charge in [0.25, 0.3) is 11.8 Å². The molecule has 0 unspecified atom stereocenters. The Bertz CT molecular complexity index is 1420. The Morgan fingerprint density at radius 2 is 1.76 bits per heavy atom. The van der Waals surface area contributed by atoms with Crippen LogP contribution in [0.2, 0.25) is 0 Å². The fourth-order valence-corrected chi connectivity index (χ4v) is 4.40. The first-order valence-electron chi connectivity index (χ1n) is 11.2. The number of imidazole rings is 1. The molecule has 8 heteroatoms. The highest BCUT2D eigenvalue weighted by atomic mass is 16.5. The minimum Gasteiger partial charge on any atom is -0.491 e. The van der Waals surface area contributed by atoms with E-state index in [4.69, 9.17) is 4.74 Å². The van der Waals surface area contributed by atoms with Gasteiger partial charge in [-0.2, -0.15) is 0 Å². The smallest absolute Gasteiger partial charge is 0.270 e. The highest BCUT2D eigenvalue weighted by Gasteiger charge is 2.25. The van der Waals surface area contributed by atoms with Crippen molar-refractivity contribution in [1.82, 2.24) is 24.3 Å². The van der Waals surface area contributed by atoms with Crippen molar-refractivity contribution >= 4 is 22.8 Å². The first-order valence-corrected chi connectivity index (χ1v) is 11.2. The van der Waals surface area contributed by atoms with E-state index in [2.05, 4.69) is 28.2 Å². The molecule has 8 nitrogen and oxygen atoms in total. The zero-order valence-electron chi connectivity index (χ0n) is 19.8. The monoisotopic (exact) mass is 457 g/mol. The van der Waals surface area contributed by atoms with Crippen LogP contribution in [0.15, 0.2) is 48.5 Å². The van der Waals surface area contributed by atoms with Crippen LogP contribution in [0.4, 0.5) is 0 Å². The number of ether oxygens (including phenoxy) is 1. The maximum atomic E-state index is 13.4. The minimum atomic E-state index is -0.139. The highest BCUT2D eigenvalue weighted by Crippen LogP contribution is 2.31. The average Bonchev–Trinajstić information content (AvgIpc) is 3.30.